The Labute approximate surface area is 159 Å². The minimum absolute atomic E-state index is 0.0495. The molecule has 0 aromatic heterocycles. The van der Waals surface area contributed by atoms with Gasteiger partial charge in [-0.25, -0.2) is 0 Å². The SMILES string of the molecule is O=C(CCc1ccc2c(c1)OCO2)OCC(=O)C12CC3CC(CC(C3)C1)C2. The lowest BCUT2D eigenvalue weighted by atomic mass is 9.48. The standard InChI is InChI=1S/C22H26O5/c23-20(22-9-15-5-16(10-22)7-17(6-15)11-22)12-25-21(24)4-2-14-1-3-18-19(8-14)27-13-26-18/h1,3,8,15-17H,2,4-7,9-13H2. The van der Waals surface area contributed by atoms with Crippen molar-refractivity contribution in [2.45, 2.75) is 51.4 Å². The molecule has 1 aliphatic heterocycles. The van der Waals surface area contributed by atoms with Gasteiger partial charge in [0.25, 0.3) is 0 Å². The number of Topliss-reactive ketones (excluding diaryl/α,β-unsaturated/α-hetero) is 1. The highest BCUT2D eigenvalue weighted by molar-refractivity contribution is 5.88. The largest absolute Gasteiger partial charge is 0.458 e. The Balaban J connectivity index is 1.13. The van der Waals surface area contributed by atoms with Crippen LogP contribution in [0.5, 0.6) is 11.5 Å². The second kappa shape index (κ2) is 6.54. The fourth-order valence-corrected chi connectivity index (χ4v) is 6.17. The second-order valence-electron chi connectivity index (χ2n) is 8.97. The summed E-state index contributed by atoms with van der Waals surface area (Å²) in [7, 11) is 0. The first-order chi connectivity index (χ1) is 13.1. The monoisotopic (exact) mass is 370 g/mol. The van der Waals surface area contributed by atoms with Crippen molar-refractivity contribution in [1.82, 2.24) is 0 Å². The molecular formula is C22H26O5. The van der Waals surface area contributed by atoms with Gasteiger partial charge in [-0.05, 0) is 80.4 Å². The van der Waals surface area contributed by atoms with Crippen LogP contribution in [0, 0.1) is 23.2 Å². The van der Waals surface area contributed by atoms with Crippen LogP contribution in [0.1, 0.15) is 50.5 Å². The first kappa shape index (κ1) is 17.1. The van der Waals surface area contributed by atoms with Crippen LogP contribution in [0.3, 0.4) is 0 Å². The highest BCUT2D eigenvalue weighted by Crippen LogP contribution is 2.60. The molecule has 4 saturated carbocycles. The number of benzene rings is 1. The van der Waals surface area contributed by atoms with E-state index in [9.17, 15) is 9.59 Å². The Morgan fingerprint density at radius 2 is 1.67 bits per heavy atom. The smallest absolute Gasteiger partial charge is 0.306 e. The summed E-state index contributed by atoms with van der Waals surface area (Å²) in [5, 5.41) is 0. The van der Waals surface area contributed by atoms with Crippen molar-refractivity contribution in [2.24, 2.45) is 23.2 Å². The maximum atomic E-state index is 12.9. The van der Waals surface area contributed by atoms with Crippen LogP contribution in [0.15, 0.2) is 18.2 Å². The van der Waals surface area contributed by atoms with Gasteiger partial charge in [0.2, 0.25) is 6.79 Å². The number of ketones is 1. The lowest BCUT2D eigenvalue weighted by molar-refractivity contribution is -0.157. The van der Waals surface area contributed by atoms with Gasteiger partial charge in [0.15, 0.2) is 23.9 Å². The Kier molecular flexibility index (Phi) is 4.14. The van der Waals surface area contributed by atoms with Gasteiger partial charge in [-0.1, -0.05) is 6.07 Å². The van der Waals surface area contributed by atoms with E-state index in [1.165, 1.54) is 19.3 Å². The van der Waals surface area contributed by atoms with Gasteiger partial charge < -0.3 is 14.2 Å². The number of hydrogen-bond acceptors (Lipinski definition) is 5. The van der Waals surface area contributed by atoms with Gasteiger partial charge in [-0.15, -0.1) is 0 Å². The van der Waals surface area contributed by atoms with E-state index in [0.29, 0.717) is 6.42 Å². The molecule has 27 heavy (non-hydrogen) atoms. The summed E-state index contributed by atoms with van der Waals surface area (Å²) >= 11 is 0. The molecule has 0 saturated heterocycles. The molecule has 5 aliphatic rings. The van der Waals surface area contributed by atoms with Gasteiger partial charge in [-0.2, -0.15) is 0 Å². The van der Waals surface area contributed by atoms with E-state index in [1.807, 2.05) is 18.2 Å². The number of carbonyl (C=O) groups excluding carboxylic acids is 2. The second-order valence-corrected chi connectivity index (χ2v) is 8.97. The van der Waals surface area contributed by atoms with Crippen molar-refractivity contribution in [1.29, 1.82) is 0 Å². The Hall–Kier alpha value is -2.04. The van der Waals surface area contributed by atoms with Gasteiger partial charge in [0, 0.05) is 11.8 Å². The molecule has 0 atom stereocenters. The maximum Gasteiger partial charge on any atom is 0.306 e. The van der Waals surface area contributed by atoms with E-state index in [-0.39, 0.29) is 37.0 Å². The molecule has 0 radical (unpaired) electrons. The molecule has 1 aromatic carbocycles. The van der Waals surface area contributed by atoms with Gasteiger partial charge in [0.1, 0.15) is 0 Å². The normalized spacial score (nSPS) is 32.5. The Morgan fingerprint density at radius 3 is 2.37 bits per heavy atom. The summed E-state index contributed by atoms with van der Waals surface area (Å²) < 4.78 is 16.0. The zero-order chi connectivity index (χ0) is 18.4. The first-order valence-electron chi connectivity index (χ1n) is 10.2. The Morgan fingerprint density at radius 1 is 1.00 bits per heavy atom. The quantitative estimate of drug-likeness (QED) is 0.715. The highest BCUT2D eigenvalue weighted by Gasteiger charge is 2.54. The number of carbonyl (C=O) groups is 2. The molecule has 0 amide bonds. The fourth-order valence-electron chi connectivity index (χ4n) is 6.17. The van der Waals surface area contributed by atoms with Crippen molar-refractivity contribution >= 4 is 11.8 Å². The van der Waals surface area contributed by atoms with Crippen molar-refractivity contribution in [3.63, 3.8) is 0 Å². The third kappa shape index (κ3) is 3.21. The molecule has 0 unspecified atom stereocenters. The summed E-state index contributed by atoms with van der Waals surface area (Å²) in [4.78, 5) is 25.0. The third-order valence-corrected chi connectivity index (χ3v) is 7.05. The number of rotatable bonds is 6. The number of hydrogen-bond donors (Lipinski definition) is 0. The molecular weight excluding hydrogens is 344 g/mol. The first-order valence-corrected chi connectivity index (χ1v) is 10.2. The third-order valence-electron chi connectivity index (χ3n) is 7.05. The topological polar surface area (TPSA) is 61.8 Å². The molecule has 1 aromatic rings. The minimum Gasteiger partial charge on any atom is -0.458 e. The number of ether oxygens (including phenoxy) is 3. The molecule has 6 rings (SSSR count). The molecule has 5 heteroatoms. The van der Waals surface area contributed by atoms with E-state index >= 15 is 0 Å². The molecule has 0 N–H and O–H groups in total. The molecule has 5 nitrogen and oxygen atoms in total. The lowest BCUT2D eigenvalue weighted by Gasteiger charge is -2.55. The summed E-state index contributed by atoms with van der Waals surface area (Å²) in [5.41, 5.74) is 0.815. The van der Waals surface area contributed by atoms with Crippen LogP contribution in [-0.4, -0.2) is 25.2 Å². The molecule has 4 aliphatic carbocycles. The van der Waals surface area contributed by atoms with E-state index in [0.717, 1.165) is 54.1 Å². The van der Waals surface area contributed by atoms with Crippen LogP contribution in [0.25, 0.3) is 0 Å². The average Bonchev–Trinajstić information content (AvgIpc) is 3.11. The van der Waals surface area contributed by atoms with Crippen molar-refractivity contribution < 1.29 is 23.8 Å². The minimum atomic E-state index is -0.300. The van der Waals surface area contributed by atoms with Crippen LogP contribution in [0.4, 0.5) is 0 Å². The Bertz CT molecular complexity index is 733. The maximum absolute atomic E-state index is 12.9. The fraction of sp³-hybridized carbons (Fsp3) is 0.636. The summed E-state index contributed by atoms with van der Waals surface area (Å²) in [6.45, 7) is 0.194. The van der Waals surface area contributed by atoms with Crippen LogP contribution < -0.4 is 9.47 Å². The molecule has 0 spiro atoms. The predicted molar refractivity (Wildman–Crippen MR) is 97.5 cm³/mol. The number of fused-ring (bicyclic) bond motifs is 1. The van der Waals surface area contributed by atoms with Crippen LogP contribution in [0.2, 0.25) is 0 Å². The van der Waals surface area contributed by atoms with Crippen molar-refractivity contribution in [3.05, 3.63) is 23.8 Å². The average molecular weight is 370 g/mol. The summed E-state index contributed by atoms with van der Waals surface area (Å²) in [6.07, 6.45) is 7.83. The van der Waals surface area contributed by atoms with Crippen LogP contribution >= 0.6 is 0 Å². The van der Waals surface area contributed by atoms with E-state index in [2.05, 4.69) is 0 Å². The molecule has 1 heterocycles. The molecule has 4 fully saturated rings. The van der Waals surface area contributed by atoms with E-state index in [4.69, 9.17) is 14.2 Å². The predicted octanol–water partition coefficient (Wildman–Crippen LogP) is 3.68. The van der Waals surface area contributed by atoms with E-state index < -0.39 is 0 Å². The molecule has 4 bridgehead atoms. The van der Waals surface area contributed by atoms with Crippen molar-refractivity contribution in [2.75, 3.05) is 13.4 Å². The van der Waals surface area contributed by atoms with Gasteiger partial charge in [-0.3, -0.25) is 9.59 Å². The number of esters is 1. The van der Waals surface area contributed by atoms with Gasteiger partial charge >= 0.3 is 5.97 Å². The van der Waals surface area contributed by atoms with Crippen LogP contribution in [-0.2, 0) is 20.7 Å². The van der Waals surface area contributed by atoms with Crippen molar-refractivity contribution in [3.8, 4) is 11.5 Å². The lowest BCUT2D eigenvalue weighted by Crippen LogP contribution is -2.51. The summed E-state index contributed by atoms with van der Waals surface area (Å²) in [6, 6.07) is 5.69. The highest BCUT2D eigenvalue weighted by atomic mass is 16.7. The zero-order valence-electron chi connectivity index (χ0n) is 15.6. The summed E-state index contributed by atoms with van der Waals surface area (Å²) in [5.74, 6) is 3.50. The zero-order valence-corrected chi connectivity index (χ0v) is 15.6. The number of aryl methyl sites for hydroxylation is 1. The van der Waals surface area contributed by atoms with Gasteiger partial charge in [0.05, 0.1) is 0 Å². The van der Waals surface area contributed by atoms with E-state index in [1.54, 1.807) is 0 Å². The molecule has 144 valence electrons.